The number of carbonyl (C=O) groups excluding carboxylic acids is 2. The molecule has 0 aliphatic heterocycles. The summed E-state index contributed by atoms with van der Waals surface area (Å²) in [7, 11) is 0. The van der Waals surface area contributed by atoms with Crippen molar-refractivity contribution in [1.82, 2.24) is 0 Å². The maximum atomic E-state index is 12.7. The van der Waals surface area contributed by atoms with Gasteiger partial charge in [0.25, 0.3) is 5.91 Å². The summed E-state index contributed by atoms with van der Waals surface area (Å²) in [6.07, 6.45) is -4.59. The van der Waals surface area contributed by atoms with Gasteiger partial charge in [-0.3, -0.25) is 4.79 Å². The Bertz CT molecular complexity index is 854. The Morgan fingerprint density at radius 1 is 1.15 bits per heavy atom. The third-order valence-electron chi connectivity index (χ3n) is 3.31. The van der Waals surface area contributed by atoms with E-state index in [1.807, 2.05) is 0 Å². The predicted molar refractivity (Wildman–Crippen MR) is 91.6 cm³/mol. The Morgan fingerprint density at radius 3 is 2.50 bits per heavy atom. The van der Waals surface area contributed by atoms with Crippen LogP contribution in [-0.4, -0.2) is 18.5 Å². The third-order valence-corrected chi connectivity index (χ3v) is 4.11. The number of carbonyl (C=O) groups is 2. The molecule has 1 amide bonds. The lowest BCUT2D eigenvalue weighted by molar-refractivity contribution is -0.137. The van der Waals surface area contributed by atoms with E-state index < -0.39 is 30.2 Å². The van der Waals surface area contributed by atoms with Crippen molar-refractivity contribution in [2.24, 2.45) is 0 Å². The molecule has 0 radical (unpaired) electrons. The minimum Gasteiger partial charge on any atom is -0.452 e. The lowest BCUT2D eigenvalue weighted by Gasteiger charge is -2.12. The van der Waals surface area contributed by atoms with E-state index in [0.717, 1.165) is 18.2 Å². The first-order valence-corrected chi connectivity index (χ1v) is 7.94. The zero-order chi connectivity index (χ0) is 19.5. The number of hydrogen-bond acceptors (Lipinski definition) is 3. The Hall–Kier alpha value is -2.25. The number of anilines is 1. The van der Waals surface area contributed by atoms with Gasteiger partial charge in [-0.25, -0.2) is 4.79 Å². The quantitative estimate of drug-likeness (QED) is 0.718. The van der Waals surface area contributed by atoms with Crippen LogP contribution in [0.15, 0.2) is 36.4 Å². The standard InChI is InChI=1S/C17H12Cl2F3NO3/c1-9-5-6-12(18)15(14(9)19)23-13(24)8-26-16(25)10-3-2-4-11(7-10)17(20,21)22/h2-7H,8H2,1H3,(H,23,24). The Labute approximate surface area is 156 Å². The number of amides is 1. The first kappa shape index (κ1) is 20.1. The molecule has 4 nitrogen and oxygen atoms in total. The summed E-state index contributed by atoms with van der Waals surface area (Å²) >= 11 is 12.0. The topological polar surface area (TPSA) is 55.4 Å². The fourth-order valence-electron chi connectivity index (χ4n) is 1.98. The summed E-state index contributed by atoms with van der Waals surface area (Å²) in [5, 5.41) is 2.83. The fraction of sp³-hybridized carbons (Fsp3) is 0.176. The van der Waals surface area contributed by atoms with Gasteiger partial charge in [0.1, 0.15) is 0 Å². The number of rotatable bonds is 4. The van der Waals surface area contributed by atoms with Crippen molar-refractivity contribution in [1.29, 1.82) is 0 Å². The van der Waals surface area contributed by atoms with E-state index >= 15 is 0 Å². The zero-order valence-electron chi connectivity index (χ0n) is 13.3. The lowest BCUT2D eigenvalue weighted by Crippen LogP contribution is -2.21. The van der Waals surface area contributed by atoms with Crippen LogP contribution in [0.2, 0.25) is 10.0 Å². The molecule has 0 aliphatic rings. The number of benzene rings is 2. The van der Waals surface area contributed by atoms with Gasteiger partial charge in [-0.1, -0.05) is 35.3 Å². The number of nitrogens with one attached hydrogen (secondary N) is 1. The Balaban J connectivity index is 2.02. The molecule has 0 bridgehead atoms. The van der Waals surface area contributed by atoms with Crippen molar-refractivity contribution in [2.75, 3.05) is 11.9 Å². The molecule has 0 spiro atoms. The van der Waals surface area contributed by atoms with E-state index in [1.165, 1.54) is 6.07 Å². The molecule has 0 fully saturated rings. The van der Waals surface area contributed by atoms with Crippen LogP contribution in [0.1, 0.15) is 21.5 Å². The van der Waals surface area contributed by atoms with Gasteiger partial charge >= 0.3 is 12.1 Å². The van der Waals surface area contributed by atoms with Gasteiger partial charge in [-0.2, -0.15) is 13.2 Å². The molecule has 138 valence electrons. The molecule has 0 aliphatic carbocycles. The van der Waals surface area contributed by atoms with Crippen LogP contribution >= 0.6 is 23.2 Å². The van der Waals surface area contributed by atoms with Crippen molar-refractivity contribution in [3.63, 3.8) is 0 Å². The molecule has 0 heterocycles. The maximum Gasteiger partial charge on any atom is 0.416 e. The second-order valence-electron chi connectivity index (χ2n) is 5.26. The Morgan fingerprint density at radius 2 is 1.85 bits per heavy atom. The molecule has 0 saturated carbocycles. The molecule has 2 rings (SSSR count). The molecule has 0 unspecified atom stereocenters. The summed E-state index contributed by atoms with van der Waals surface area (Å²) in [6.45, 7) is 0.998. The normalized spacial score (nSPS) is 11.2. The predicted octanol–water partition coefficient (Wildman–Crippen LogP) is 5.12. The van der Waals surface area contributed by atoms with Gasteiger partial charge in [0.05, 0.1) is 26.9 Å². The van der Waals surface area contributed by atoms with E-state index in [1.54, 1.807) is 13.0 Å². The highest BCUT2D eigenvalue weighted by molar-refractivity contribution is 6.40. The van der Waals surface area contributed by atoms with Crippen LogP contribution in [0.3, 0.4) is 0 Å². The van der Waals surface area contributed by atoms with Gasteiger partial charge in [-0.05, 0) is 36.8 Å². The molecule has 0 atom stereocenters. The summed E-state index contributed by atoms with van der Waals surface area (Å²) in [4.78, 5) is 23.8. The number of esters is 1. The average Bonchev–Trinajstić information content (AvgIpc) is 2.59. The van der Waals surface area contributed by atoms with Crippen LogP contribution in [-0.2, 0) is 15.7 Å². The van der Waals surface area contributed by atoms with Crippen LogP contribution in [0.4, 0.5) is 18.9 Å². The van der Waals surface area contributed by atoms with Crippen LogP contribution < -0.4 is 5.32 Å². The Kier molecular flexibility index (Phi) is 6.15. The minimum absolute atomic E-state index is 0.161. The second kappa shape index (κ2) is 7.97. The van der Waals surface area contributed by atoms with Crippen LogP contribution in [0.5, 0.6) is 0 Å². The summed E-state index contributed by atoms with van der Waals surface area (Å²) in [6, 6.07) is 6.90. The highest BCUT2D eigenvalue weighted by Gasteiger charge is 2.31. The fourth-order valence-corrected chi connectivity index (χ4v) is 2.45. The summed E-state index contributed by atoms with van der Waals surface area (Å²) < 4.78 is 42.7. The largest absolute Gasteiger partial charge is 0.452 e. The summed E-state index contributed by atoms with van der Waals surface area (Å²) in [5.74, 6) is -1.80. The molecule has 0 aromatic heterocycles. The first-order valence-electron chi connectivity index (χ1n) is 7.18. The van der Waals surface area contributed by atoms with Crippen molar-refractivity contribution in [3.8, 4) is 0 Å². The number of alkyl halides is 3. The molecule has 2 aromatic rings. The van der Waals surface area contributed by atoms with E-state index in [9.17, 15) is 22.8 Å². The van der Waals surface area contributed by atoms with Gasteiger partial charge in [0.2, 0.25) is 0 Å². The molecule has 0 saturated heterocycles. The van der Waals surface area contributed by atoms with E-state index in [-0.39, 0.29) is 21.3 Å². The van der Waals surface area contributed by atoms with Gasteiger partial charge in [-0.15, -0.1) is 0 Å². The van der Waals surface area contributed by atoms with Gasteiger partial charge in [0.15, 0.2) is 6.61 Å². The molecule has 1 N–H and O–H groups in total. The van der Waals surface area contributed by atoms with Crippen molar-refractivity contribution in [3.05, 3.63) is 63.1 Å². The number of ether oxygens (including phenoxy) is 1. The highest BCUT2D eigenvalue weighted by Crippen LogP contribution is 2.33. The highest BCUT2D eigenvalue weighted by atomic mass is 35.5. The van der Waals surface area contributed by atoms with Gasteiger partial charge < -0.3 is 10.1 Å². The van der Waals surface area contributed by atoms with Crippen molar-refractivity contribution in [2.45, 2.75) is 13.1 Å². The monoisotopic (exact) mass is 405 g/mol. The molecular formula is C17H12Cl2F3NO3. The second-order valence-corrected chi connectivity index (χ2v) is 6.04. The first-order chi connectivity index (χ1) is 12.1. The van der Waals surface area contributed by atoms with Crippen molar-refractivity contribution < 1.29 is 27.5 Å². The molecule has 9 heteroatoms. The number of halogens is 5. The zero-order valence-corrected chi connectivity index (χ0v) is 14.8. The van der Waals surface area contributed by atoms with E-state index in [2.05, 4.69) is 5.32 Å². The smallest absolute Gasteiger partial charge is 0.416 e. The molecular weight excluding hydrogens is 394 g/mol. The maximum absolute atomic E-state index is 12.7. The lowest BCUT2D eigenvalue weighted by atomic mass is 10.1. The molecule has 26 heavy (non-hydrogen) atoms. The number of hydrogen-bond donors (Lipinski definition) is 1. The summed E-state index contributed by atoms with van der Waals surface area (Å²) in [5.41, 5.74) is -0.477. The van der Waals surface area contributed by atoms with E-state index in [4.69, 9.17) is 27.9 Å². The number of aryl methyl sites for hydroxylation is 1. The molecule has 2 aromatic carbocycles. The van der Waals surface area contributed by atoms with Gasteiger partial charge in [0, 0.05) is 0 Å². The van der Waals surface area contributed by atoms with Crippen LogP contribution in [0, 0.1) is 6.92 Å². The van der Waals surface area contributed by atoms with Crippen molar-refractivity contribution >= 4 is 40.8 Å². The van der Waals surface area contributed by atoms with Crippen LogP contribution in [0.25, 0.3) is 0 Å². The minimum atomic E-state index is -4.59. The third kappa shape index (κ3) is 4.89. The van der Waals surface area contributed by atoms with E-state index in [0.29, 0.717) is 11.6 Å². The SMILES string of the molecule is Cc1ccc(Cl)c(NC(=O)COC(=O)c2cccc(C(F)(F)F)c2)c1Cl. The average molecular weight is 406 g/mol.